The Balaban J connectivity index is 2.50. The van der Waals surface area contributed by atoms with Crippen LogP contribution in [0.25, 0.3) is 0 Å². The van der Waals surface area contributed by atoms with Crippen molar-refractivity contribution in [1.29, 1.82) is 0 Å². The summed E-state index contributed by atoms with van der Waals surface area (Å²) >= 11 is 1.92. The van der Waals surface area contributed by atoms with Crippen LogP contribution in [0.1, 0.15) is 20.3 Å². The molecule has 1 heterocycles. The van der Waals surface area contributed by atoms with E-state index in [1.54, 1.807) is 0 Å². The van der Waals surface area contributed by atoms with Gasteiger partial charge in [0.2, 0.25) is 0 Å². The Bertz CT molecular complexity index is 262. The van der Waals surface area contributed by atoms with Crippen LogP contribution in [0.4, 0.5) is 0 Å². The molecule has 1 fully saturated rings. The summed E-state index contributed by atoms with van der Waals surface area (Å²) < 4.78 is 4.74. The van der Waals surface area contributed by atoms with Crippen molar-refractivity contribution in [2.75, 3.05) is 31.7 Å². The number of methoxy groups -OCH3 is 1. The summed E-state index contributed by atoms with van der Waals surface area (Å²) in [5.74, 6) is 2.09. The van der Waals surface area contributed by atoms with Crippen molar-refractivity contribution >= 4 is 17.7 Å². The molecule has 0 aliphatic carbocycles. The fraction of sp³-hybridized carbons (Fsp3) is 0.750. The SMILES string of the molecule is COC(=O)CC1CSCCN1CC=C(C)C. The van der Waals surface area contributed by atoms with Crippen molar-refractivity contribution in [1.82, 2.24) is 4.90 Å². The maximum absolute atomic E-state index is 11.3. The van der Waals surface area contributed by atoms with Gasteiger partial charge in [-0.15, -0.1) is 0 Å². The topological polar surface area (TPSA) is 29.5 Å². The molecule has 1 atom stereocenters. The van der Waals surface area contributed by atoms with Gasteiger partial charge in [-0.3, -0.25) is 9.69 Å². The third-order valence-electron chi connectivity index (χ3n) is 2.71. The summed E-state index contributed by atoms with van der Waals surface area (Å²) in [4.78, 5) is 13.7. The van der Waals surface area contributed by atoms with Gasteiger partial charge in [-0.1, -0.05) is 11.6 Å². The highest BCUT2D eigenvalue weighted by molar-refractivity contribution is 7.99. The predicted molar refractivity (Wildman–Crippen MR) is 68.8 cm³/mol. The number of carbonyl (C=O) groups excluding carboxylic acids is 1. The number of rotatable bonds is 4. The third kappa shape index (κ3) is 4.58. The first kappa shape index (κ1) is 13.6. The minimum Gasteiger partial charge on any atom is -0.469 e. The van der Waals surface area contributed by atoms with Crippen LogP contribution in [0.5, 0.6) is 0 Å². The van der Waals surface area contributed by atoms with Gasteiger partial charge < -0.3 is 4.74 Å². The Hall–Kier alpha value is -0.480. The molecule has 0 radical (unpaired) electrons. The van der Waals surface area contributed by atoms with Crippen LogP contribution >= 0.6 is 11.8 Å². The number of carbonyl (C=O) groups is 1. The molecule has 0 aromatic rings. The molecule has 0 bridgehead atoms. The van der Waals surface area contributed by atoms with Crippen LogP contribution in [0.3, 0.4) is 0 Å². The standard InChI is InChI=1S/C12H21NO2S/c1-10(2)4-5-13-6-7-16-9-11(13)8-12(14)15-3/h4,11H,5-9H2,1-3H3. The van der Waals surface area contributed by atoms with Gasteiger partial charge >= 0.3 is 5.97 Å². The number of thioether (sulfide) groups is 1. The molecule has 0 saturated carbocycles. The molecule has 0 N–H and O–H groups in total. The van der Waals surface area contributed by atoms with Crippen molar-refractivity contribution in [3.8, 4) is 0 Å². The van der Waals surface area contributed by atoms with Crippen molar-refractivity contribution < 1.29 is 9.53 Å². The van der Waals surface area contributed by atoms with E-state index in [2.05, 4.69) is 24.8 Å². The second-order valence-corrected chi connectivity index (χ2v) is 5.44. The van der Waals surface area contributed by atoms with Crippen LogP contribution in [-0.4, -0.2) is 48.6 Å². The van der Waals surface area contributed by atoms with E-state index >= 15 is 0 Å². The molecule has 1 rings (SSSR count). The molecule has 92 valence electrons. The second-order valence-electron chi connectivity index (χ2n) is 4.29. The zero-order valence-electron chi connectivity index (χ0n) is 10.4. The van der Waals surface area contributed by atoms with E-state index in [0.717, 1.165) is 24.6 Å². The van der Waals surface area contributed by atoms with Gasteiger partial charge in [-0.05, 0) is 13.8 Å². The fourth-order valence-electron chi connectivity index (χ4n) is 1.69. The van der Waals surface area contributed by atoms with Gasteiger partial charge in [0.05, 0.1) is 13.5 Å². The van der Waals surface area contributed by atoms with Gasteiger partial charge in [0.1, 0.15) is 0 Å². The molecule has 1 unspecified atom stereocenters. The van der Waals surface area contributed by atoms with Crippen LogP contribution in [0, 0.1) is 0 Å². The van der Waals surface area contributed by atoms with E-state index in [9.17, 15) is 4.79 Å². The normalized spacial score (nSPS) is 21.6. The van der Waals surface area contributed by atoms with Crippen LogP contribution < -0.4 is 0 Å². The smallest absolute Gasteiger partial charge is 0.307 e. The number of ether oxygens (including phenoxy) is 1. The number of allylic oxidation sites excluding steroid dienone is 1. The molecular formula is C12H21NO2S. The van der Waals surface area contributed by atoms with Crippen molar-refractivity contribution in [2.24, 2.45) is 0 Å². The van der Waals surface area contributed by atoms with Crippen molar-refractivity contribution in [2.45, 2.75) is 26.3 Å². The summed E-state index contributed by atoms with van der Waals surface area (Å²) in [5.41, 5.74) is 1.33. The lowest BCUT2D eigenvalue weighted by molar-refractivity contribution is -0.141. The Morgan fingerprint density at radius 2 is 2.31 bits per heavy atom. The minimum atomic E-state index is -0.102. The lowest BCUT2D eigenvalue weighted by Crippen LogP contribution is -2.43. The highest BCUT2D eigenvalue weighted by atomic mass is 32.2. The van der Waals surface area contributed by atoms with E-state index in [0.29, 0.717) is 12.5 Å². The van der Waals surface area contributed by atoms with E-state index in [-0.39, 0.29) is 5.97 Å². The summed E-state index contributed by atoms with van der Waals surface area (Å²) in [6.45, 7) is 6.22. The minimum absolute atomic E-state index is 0.102. The van der Waals surface area contributed by atoms with E-state index in [1.165, 1.54) is 12.7 Å². The summed E-state index contributed by atoms with van der Waals surface area (Å²) in [6, 6.07) is 0.335. The highest BCUT2D eigenvalue weighted by Gasteiger charge is 2.24. The molecule has 0 aromatic carbocycles. The molecule has 1 aliphatic rings. The quantitative estimate of drug-likeness (QED) is 0.557. The Morgan fingerprint density at radius 3 is 2.94 bits per heavy atom. The molecule has 4 heteroatoms. The molecule has 3 nitrogen and oxygen atoms in total. The van der Waals surface area contributed by atoms with Gasteiger partial charge in [0.25, 0.3) is 0 Å². The monoisotopic (exact) mass is 243 g/mol. The maximum Gasteiger partial charge on any atom is 0.307 e. The van der Waals surface area contributed by atoms with E-state index in [1.807, 2.05) is 11.8 Å². The second kappa shape index (κ2) is 6.97. The summed E-state index contributed by atoms with van der Waals surface area (Å²) in [6.07, 6.45) is 2.74. The molecule has 0 amide bonds. The first-order valence-corrected chi connectivity index (χ1v) is 6.81. The fourth-order valence-corrected chi connectivity index (χ4v) is 2.82. The zero-order valence-corrected chi connectivity index (χ0v) is 11.2. The largest absolute Gasteiger partial charge is 0.469 e. The van der Waals surface area contributed by atoms with Gasteiger partial charge in [-0.25, -0.2) is 0 Å². The van der Waals surface area contributed by atoms with E-state index in [4.69, 9.17) is 4.74 Å². The third-order valence-corrected chi connectivity index (χ3v) is 3.81. The van der Waals surface area contributed by atoms with Crippen LogP contribution in [-0.2, 0) is 9.53 Å². The van der Waals surface area contributed by atoms with Gasteiger partial charge in [0.15, 0.2) is 0 Å². The van der Waals surface area contributed by atoms with Crippen LogP contribution in [0.2, 0.25) is 0 Å². The molecule has 1 aliphatic heterocycles. The van der Waals surface area contributed by atoms with Gasteiger partial charge in [-0.2, -0.15) is 11.8 Å². The average molecular weight is 243 g/mol. The molecule has 1 saturated heterocycles. The maximum atomic E-state index is 11.3. The predicted octanol–water partition coefficient (Wildman–Crippen LogP) is 1.93. The van der Waals surface area contributed by atoms with Crippen LogP contribution in [0.15, 0.2) is 11.6 Å². The number of hydrogen-bond donors (Lipinski definition) is 0. The van der Waals surface area contributed by atoms with Crippen molar-refractivity contribution in [3.05, 3.63) is 11.6 Å². The average Bonchev–Trinajstić information content (AvgIpc) is 2.27. The lowest BCUT2D eigenvalue weighted by Gasteiger charge is -2.34. The summed E-state index contributed by atoms with van der Waals surface area (Å²) in [7, 11) is 1.46. The number of esters is 1. The zero-order chi connectivity index (χ0) is 12.0. The molecule has 16 heavy (non-hydrogen) atoms. The Morgan fingerprint density at radius 1 is 1.56 bits per heavy atom. The molecule has 0 spiro atoms. The number of hydrogen-bond acceptors (Lipinski definition) is 4. The van der Waals surface area contributed by atoms with E-state index < -0.39 is 0 Å². The molecular weight excluding hydrogens is 222 g/mol. The number of nitrogens with zero attached hydrogens (tertiary/aromatic N) is 1. The lowest BCUT2D eigenvalue weighted by atomic mass is 10.2. The highest BCUT2D eigenvalue weighted by Crippen LogP contribution is 2.19. The first-order chi connectivity index (χ1) is 7.63. The summed E-state index contributed by atoms with van der Waals surface area (Å²) in [5, 5.41) is 0. The Kier molecular flexibility index (Phi) is 5.91. The molecule has 0 aromatic heterocycles. The first-order valence-electron chi connectivity index (χ1n) is 5.65. The Labute approximate surface area is 102 Å². The van der Waals surface area contributed by atoms with Crippen molar-refractivity contribution in [3.63, 3.8) is 0 Å². The van der Waals surface area contributed by atoms with Gasteiger partial charge in [0, 0.05) is 30.6 Å².